The summed E-state index contributed by atoms with van der Waals surface area (Å²) in [5, 5.41) is 20.7. The predicted octanol–water partition coefficient (Wildman–Crippen LogP) is 25.8. The lowest BCUT2D eigenvalue weighted by Gasteiger charge is -2.21. The van der Waals surface area contributed by atoms with E-state index >= 15 is 0 Å². The quantitative estimate of drug-likeness (QED) is 0.0146. The fourth-order valence-corrected chi connectivity index (χ4v) is 12.9. The highest BCUT2D eigenvalue weighted by Crippen LogP contribution is 2.45. The van der Waals surface area contributed by atoms with Gasteiger partial charge in [-0.25, -0.2) is 9.13 Å². The standard InChI is InChI=1S/C91H154O16P2/c1-4-7-10-13-16-19-22-25-28-30-32-34-36-38-39-40-41-42-43-44-45-47-49-50-52-54-57-59-62-65-68-71-74-77-89(94)101-80-86(92)81-103-108(97,98)104-82-87(93)83-105-109(99,100)106-85-88(107-91(96)79-76-73-70-67-64-61-56-27-24-21-18-15-12-9-6-3)84-102-90(95)78-75-72-69-66-63-60-58-55-53-51-48-46-37-35-33-31-29-26-23-20-17-14-11-8-5-2/h7-8,10-11,16-21,25-29,32-35,38-39,41-42,46,48,56,86-88,92-93H,4-6,9,12-15,22-24,30-31,36-37,40,43-45,47,49-55,57-85H2,1-3H3,(H,97,98)(H,99,100)/b10-7-,11-8-,19-16-,20-17-,21-18-,28-25-,29-26-,34-32-,35-33-,39-38-,42-41-,48-46-,56-27-. The number of hydrogen-bond donors (Lipinski definition) is 4. The fraction of sp³-hybridized carbons (Fsp3) is 0.681. The van der Waals surface area contributed by atoms with Crippen LogP contribution in [0.2, 0.25) is 0 Å². The Bertz CT molecular complexity index is 2610. The Labute approximate surface area is 663 Å². The Morgan fingerprint density at radius 2 is 0.486 bits per heavy atom. The van der Waals surface area contributed by atoms with E-state index in [4.69, 9.17) is 32.3 Å². The second kappa shape index (κ2) is 82.6. The Morgan fingerprint density at radius 1 is 0.266 bits per heavy atom. The molecule has 0 fully saturated rings. The van der Waals surface area contributed by atoms with Crippen LogP contribution < -0.4 is 0 Å². The van der Waals surface area contributed by atoms with Crippen LogP contribution in [0.1, 0.15) is 342 Å². The minimum Gasteiger partial charge on any atom is -0.463 e. The molecule has 18 heteroatoms. The van der Waals surface area contributed by atoms with E-state index in [2.05, 4.69) is 179 Å². The number of hydrogen-bond acceptors (Lipinski definition) is 14. The first-order valence-electron chi connectivity index (χ1n) is 42.8. The number of phosphoric ester groups is 2. The van der Waals surface area contributed by atoms with Crippen LogP contribution in [0.25, 0.3) is 0 Å². The molecule has 0 aromatic carbocycles. The predicted molar refractivity (Wildman–Crippen MR) is 454 cm³/mol. The van der Waals surface area contributed by atoms with Crippen LogP contribution in [-0.4, -0.2) is 95.9 Å². The first-order valence-corrected chi connectivity index (χ1v) is 45.8. The van der Waals surface area contributed by atoms with E-state index in [0.29, 0.717) is 19.3 Å². The highest BCUT2D eigenvalue weighted by atomic mass is 31.2. The summed E-state index contributed by atoms with van der Waals surface area (Å²) in [4.78, 5) is 58.8. The second-order valence-electron chi connectivity index (χ2n) is 28.2. The topological polar surface area (TPSA) is 231 Å². The van der Waals surface area contributed by atoms with E-state index in [1.165, 1.54) is 109 Å². The van der Waals surface area contributed by atoms with Crippen molar-refractivity contribution in [1.82, 2.24) is 0 Å². The zero-order chi connectivity index (χ0) is 79.4. The van der Waals surface area contributed by atoms with Gasteiger partial charge in [0.15, 0.2) is 6.10 Å². The maximum Gasteiger partial charge on any atom is 0.472 e. The highest BCUT2D eigenvalue weighted by Gasteiger charge is 2.29. The zero-order valence-electron chi connectivity index (χ0n) is 68.4. The van der Waals surface area contributed by atoms with E-state index in [0.717, 1.165) is 173 Å². The van der Waals surface area contributed by atoms with Crippen LogP contribution >= 0.6 is 15.6 Å². The molecule has 0 aliphatic rings. The molecule has 0 aromatic rings. The Balaban J connectivity index is 4.49. The number of aliphatic hydroxyl groups excluding tert-OH is 2. The van der Waals surface area contributed by atoms with E-state index < -0.39 is 91.5 Å². The van der Waals surface area contributed by atoms with Crippen LogP contribution in [0.5, 0.6) is 0 Å². The van der Waals surface area contributed by atoms with Crippen LogP contribution in [0, 0.1) is 0 Å². The molecule has 0 saturated carbocycles. The van der Waals surface area contributed by atoms with Gasteiger partial charge in [0, 0.05) is 19.3 Å². The molecule has 0 aromatic heterocycles. The average molecular weight is 1570 g/mol. The number of carbonyl (C=O) groups is 3. The molecule has 624 valence electrons. The summed E-state index contributed by atoms with van der Waals surface area (Å²) in [6, 6.07) is 0. The van der Waals surface area contributed by atoms with Gasteiger partial charge in [-0.05, 0) is 148 Å². The molecule has 0 rings (SSSR count). The van der Waals surface area contributed by atoms with Crippen molar-refractivity contribution >= 4 is 33.6 Å². The Morgan fingerprint density at radius 3 is 0.771 bits per heavy atom. The van der Waals surface area contributed by atoms with Gasteiger partial charge in [0.2, 0.25) is 0 Å². The number of ether oxygens (including phenoxy) is 3. The SMILES string of the molecule is CC/C=C\C/C=C\C/C=C\C/C=C\C/C=C\C/C=C\CCCCCCCCCCCCCCCCC(=O)OCC(O)COP(=O)(O)OCC(O)COP(=O)(O)OCC(COC(=O)CCCCCCCCCCC/C=C\C/C=C\C/C=C\C/C=C\C/C=C\CC)OC(=O)CCCCCCC/C=C\C/C=C\CCCCC. The number of phosphoric acid groups is 2. The van der Waals surface area contributed by atoms with Crippen molar-refractivity contribution in [2.75, 3.05) is 39.6 Å². The molecule has 0 bridgehead atoms. The lowest BCUT2D eigenvalue weighted by Crippen LogP contribution is -2.30. The van der Waals surface area contributed by atoms with Crippen molar-refractivity contribution in [2.45, 2.75) is 360 Å². The van der Waals surface area contributed by atoms with Gasteiger partial charge in [-0.3, -0.25) is 32.5 Å². The summed E-state index contributed by atoms with van der Waals surface area (Å²) in [6.07, 6.45) is 104. The lowest BCUT2D eigenvalue weighted by molar-refractivity contribution is -0.161. The van der Waals surface area contributed by atoms with Crippen molar-refractivity contribution in [2.24, 2.45) is 0 Å². The highest BCUT2D eigenvalue weighted by molar-refractivity contribution is 7.47. The number of esters is 3. The molecule has 0 amide bonds. The van der Waals surface area contributed by atoms with E-state index in [-0.39, 0.29) is 19.3 Å². The van der Waals surface area contributed by atoms with E-state index in [1.807, 2.05) is 0 Å². The summed E-state index contributed by atoms with van der Waals surface area (Å²) in [6.45, 7) is 2.42. The van der Waals surface area contributed by atoms with Gasteiger partial charge in [0.25, 0.3) is 0 Å². The van der Waals surface area contributed by atoms with Crippen molar-refractivity contribution in [3.05, 3.63) is 158 Å². The third kappa shape index (κ3) is 83.9. The lowest BCUT2D eigenvalue weighted by atomic mass is 10.0. The molecule has 16 nitrogen and oxygen atoms in total. The largest absolute Gasteiger partial charge is 0.472 e. The Hall–Kier alpha value is -4.83. The van der Waals surface area contributed by atoms with Gasteiger partial charge < -0.3 is 34.2 Å². The van der Waals surface area contributed by atoms with Crippen LogP contribution in [0.4, 0.5) is 0 Å². The second-order valence-corrected chi connectivity index (χ2v) is 31.1. The number of rotatable bonds is 80. The maximum atomic E-state index is 13.0. The van der Waals surface area contributed by atoms with Crippen molar-refractivity contribution in [3.63, 3.8) is 0 Å². The van der Waals surface area contributed by atoms with Gasteiger partial charge in [0.05, 0.1) is 26.4 Å². The van der Waals surface area contributed by atoms with Gasteiger partial charge >= 0.3 is 33.6 Å². The number of aliphatic hydroxyl groups is 2. The van der Waals surface area contributed by atoms with Gasteiger partial charge in [-0.2, -0.15) is 0 Å². The summed E-state index contributed by atoms with van der Waals surface area (Å²) >= 11 is 0. The summed E-state index contributed by atoms with van der Waals surface area (Å²) in [7, 11) is -9.81. The minimum absolute atomic E-state index is 0.0843. The number of unbranched alkanes of at least 4 members (excludes halogenated alkanes) is 31. The normalized spacial score (nSPS) is 14.7. The zero-order valence-corrected chi connectivity index (χ0v) is 70.2. The molecule has 0 aliphatic heterocycles. The molecule has 0 spiro atoms. The van der Waals surface area contributed by atoms with E-state index in [9.17, 15) is 43.5 Å². The van der Waals surface area contributed by atoms with Crippen molar-refractivity contribution in [3.8, 4) is 0 Å². The monoisotopic (exact) mass is 1570 g/mol. The minimum atomic E-state index is -4.94. The molecule has 0 aliphatic carbocycles. The molecule has 0 radical (unpaired) electrons. The average Bonchev–Trinajstić information content (AvgIpc) is 0.903. The Kier molecular flexibility index (Phi) is 79.0. The van der Waals surface area contributed by atoms with Crippen LogP contribution in [0.15, 0.2) is 158 Å². The molecule has 0 saturated heterocycles. The third-order valence-corrected chi connectivity index (χ3v) is 19.6. The fourth-order valence-electron chi connectivity index (χ4n) is 11.3. The maximum absolute atomic E-state index is 13.0. The first-order chi connectivity index (χ1) is 53.2. The summed E-state index contributed by atoms with van der Waals surface area (Å²) in [5.41, 5.74) is 0. The summed E-state index contributed by atoms with van der Waals surface area (Å²) < 4.78 is 61.3. The van der Waals surface area contributed by atoms with Crippen molar-refractivity contribution < 1.29 is 75.8 Å². The van der Waals surface area contributed by atoms with Gasteiger partial charge in [-0.1, -0.05) is 333 Å². The van der Waals surface area contributed by atoms with E-state index in [1.54, 1.807) is 0 Å². The number of carbonyl (C=O) groups excluding carboxylic acids is 3. The molecule has 4 N–H and O–H groups in total. The van der Waals surface area contributed by atoms with Crippen molar-refractivity contribution in [1.29, 1.82) is 0 Å². The molecule has 0 heterocycles. The molecule has 109 heavy (non-hydrogen) atoms. The molecule has 5 atom stereocenters. The molecule has 5 unspecified atom stereocenters. The smallest absolute Gasteiger partial charge is 0.463 e. The number of allylic oxidation sites excluding steroid dienone is 26. The van der Waals surface area contributed by atoms with Gasteiger partial charge in [0.1, 0.15) is 25.4 Å². The first kappa shape index (κ1) is 104. The third-order valence-electron chi connectivity index (χ3n) is 17.7. The molecular weight excluding hydrogens is 1410 g/mol. The van der Waals surface area contributed by atoms with Gasteiger partial charge in [-0.15, -0.1) is 0 Å². The summed E-state index contributed by atoms with van der Waals surface area (Å²) in [5.74, 6) is -1.60. The van der Waals surface area contributed by atoms with Crippen LogP contribution in [0.3, 0.4) is 0 Å². The van der Waals surface area contributed by atoms with Crippen LogP contribution in [-0.2, 0) is 55.8 Å². The molecular formula is C91H154O16P2.